The van der Waals surface area contributed by atoms with Crippen LogP contribution in [0.25, 0.3) is 6.08 Å². The number of methoxy groups -OCH3 is 1. The Morgan fingerprint density at radius 2 is 1.75 bits per heavy atom. The van der Waals surface area contributed by atoms with E-state index in [1.54, 1.807) is 18.2 Å². The highest BCUT2D eigenvalue weighted by molar-refractivity contribution is 5.93. The molecule has 16 heavy (non-hydrogen) atoms. The molecular weight excluding hydrogens is 200 g/mol. The first-order valence-electron chi connectivity index (χ1n) is 5.09. The largest absolute Gasteiger partial charge is 0.465 e. The van der Waals surface area contributed by atoms with Gasteiger partial charge in [0.25, 0.3) is 0 Å². The molecule has 0 aliphatic heterocycles. The molecule has 0 saturated carbocycles. The molecule has 0 aliphatic rings. The summed E-state index contributed by atoms with van der Waals surface area (Å²) in [6.07, 6.45) is 1.63. The van der Waals surface area contributed by atoms with Crippen molar-refractivity contribution in [3.63, 3.8) is 0 Å². The van der Waals surface area contributed by atoms with Crippen molar-refractivity contribution < 1.29 is 9.53 Å². The number of carbonyl (C=O) groups is 1. The SMILES string of the molecule is C=C.C=Cc1ccccc1C(=O)OC.CC. The Balaban J connectivity index is 0. The quantitative estimate of drug-likeness (QED) is 0.557. The number of carbonyl (C=O) groups excluding carboxylic acids is 1. The van der Waals surface area contributed by atoms with Gasteiger partial charge in [-0.3, -0.25) is 0 Å². The van der Waals surface area contributed by atoms with E-state index >= 15 is 0 Å². The summed E-state index contributed by atoms with van der Waals surface area (Å²) in [6.45, 7) is 13.6. The molecule has 1 aromatic carbocycles. The predicted molar refractivity (Wildman–Crippen MR) is 70.5 cm³/mol. The van der Waals surface area contributed by atoms with Gasteiger partial charge in [0.05, 0.1) is 12.7 Å². The van der Waals surface area contributed by atoms with Crippen LogP contribution < -0.4 is 0 Å². The molecule has 0 saturated heterocycles. The first-order valence-corrected chi connectivity index (χ1v) is 5.09. The van der Waals surface area contributed by atoms with Crippen LogP contribution in [0, 0.1) is 0 Å². The molecule has 0 aromatic heterocycles. The van der Waals surface area contributed by atoms with Gasteiger partial charge in [0.2, 0.25) is 0 Å². The standard InChI is InChI=1S/C10H10O2.C2H6.C2H4/c1-3-8-6-4-5-7-9(8)10(11)12-2;2*1-2/h3-7H,1H2,2H3;1-2H3;1-2H2. The van der Waals surface area contributed by atoms with Crippen LogP contribution in [-0.4, -0.2) is 13.1 Å². The second-order valence-corrected chi connectivity index (χ2v) is 2.28. The fourth-order valence-corrected chi connectivity index (χ4v) is 0.971. The van der Waals surface area contributed by atoms with Gasteiger partial charge in [-0.2, -0.15) is 0 Å². The fourth-order valence-electron chi connectivity index (χ4n) is 0.971. The zero-order chi connectivity index (χ0) is 13.0. The Bertz CT molecular complexity index is 316. The van der Waals surface area contributed by atoms with Crippen LogP contribution >= 0.6 is 0 Å². The smallest absolute Gasteiger partial charge is 0.338 e. The van der Waals surface area contributed by atoms with Crippen molar-refractivity contribution in [2.45, 2.75) is 13.8 Å². The van der Waals surface area contributed by atoms with Crippen LogP contribution in [0.15, 0.2) is 44.0 Å². The van der Waals surface area contributed by atoms with Crippen LogP contribution in [0.4, 0.5) is 0 Å². The molecule has 1 aromatic rings. The maximum Gasteiger partial charge on any atom is 0.338 e. The molecule has 0 bridgehead atoms. The van der Waals surface area contributed by atoms with E-state index in [-0.39, 0.29) is 5.97 Å². The summed E-state index contributed by atoms with van der Waals surface area (Å²) in [5.74, 6) is -0.328. The fraction of sp³-hybridized carbons (Fsp3) is 0.214. The van der Waals surface area contributed by atoms with Crippen LogP contribution in [0.5, 0.6) is 0 Å². The molecule has 2 heteroatoms. The maximum absolute atomic E-state index is 11.1. The molecule has 0 amide bonds. The molecule has 0 spiro atoms. The van der Waals surface area contributed by atoms with Gasteiger partial charge in [0.1, 0.15) is 0 Å². The summed E-state index contributed by atoms with van der Waals surface area (Å²) in [4.78, 5) is 11.1. The lowest BCUT2D eigenvalue weighted by Gasteiger charge is -2.01. The Hall–Kier alpha value is -1.83. The van der Waals surface area contributed by atoms with E-state index in [0.717, 1.165) is 5.56 Å². The van der Waals surface area contributed by atoms with Crippen molar-refractivity contribution in [1.29, 1.82) is 0 Å². The zero-order valence-corrected chi connectivity index (χ0v) is 10.3. The Labute approximate surface area is 98.3 Å². The molecule has 0 atom stereocenters. The predicted octanol–water partition coefficient (Wildman–Crippen LogP) is 3.94. The van der Waals surface area contributed by atoms with Gasteiger partial charge in [0.15, 0.2) is 0 Å². The third-order valence-corrected chi connectivity index (χ3v) is 1.59. The summed E-state index contributed by atoms with van der Waals surface area (Å²) < 4.78 is 4.59. The monoisotopic (exact) mass is 220 g/mol. The number of esters is 1. The lowest BCUT2D eigenvalue weighted by Crippen LogP contribution is -2.02. The van der Waals surface area contributed by atoms with Crippen molar-refractivity contribution >= 4 is 12.0 Å². The summed E-state index contributed by atoms with van der Waals surface area (Å²) >= 11 is 0. The molecule has 2 nitrogen and oxygen atoms in total. The third-order valence-electron chi connectivity index (χ3n) is 1.59. The summed E-state index contributed by atoms with van der Waals surface area (Å²) in [5.41, 5.74) is 1.35. The first kappa shape index (κ1) is 16.6. The Morgan fingerprint density at radius 3 is 2.19 bits per heavy atom. The minimum atomic E-state index is -0.328. The van der Waals surface area contributed by atoms with E-state index in [2.05, 4.69) is 24.5 Å². The molecule has 0 N–H and O–H groups in total. The van der Waals surface area contributed by atoms with E-state index in [9.17, 15) is 4.79 Å². The molecule has 0 aliphatic carbocycles. The maximum atomic E-state index is 11.1. The van der Waals surface area contributed by atoms with Crippen molar-refractivity contribution in [3.8, 4) is 0 Å². The van der Waals surface area contributed by atoms with Gasteiger partial charge in [-0.05, 0) is 11.6 Å². The number of hydrogen-bond acceptors (Lipinski definition) is 2. The highest BCUT2D eigenvalue weighted by Crippen LogP contribution is 2.10. The van der Waals surface area contributed by atoms with Gasteiger partial charge in [-0.25, -0.2) is 4.79 Å². The van der Waals surface area contributed by atoms with Gasteiger partial charge in [0, 0.05) is 0 Å². The highest BCUT2D eigenvalue weighted by atomic mass is 16.5. The second kappa shape index (κ2) is 11.2. The summed E-state index contributed by atoms with van der Waals surface area (Å²) in [6, 6.07) is 7.17. The van der Waals surface area contributed by atoms with Crippen molar-refractivity contribution in [1.82, 2.24) is 0 Å². The van der Waals surface area contributed by atoms with Crippen LogP contribution in [0.3, 0.4) is 0 Å². The third kappa shape index (κ3) is 5.15. The van der Waals surface area contributed by atoms with Gasteiger partial charge < -0.3 is 4.74 Å². The Morgan fingerprint density at radius 1 is 1.25 bits per heavy atom. The van der Waals surface area contributed by atoms with Gasteiger partial charge >= 0.3 is 5.97 Å². The second-order valence-electron chi connectivity index (χ2n) is 2.28. The number of hydrogen-bond donors (Lipinski definition) is 0. The minimum Gasteiger partial charge on any atom is -0.465 e. The normalized spacial score (nSPS) is 7.44. The van der Waals surface area contributed by atoms with Gasteiger partial charge in [-0.1, -0.05) is 44.7 Å². The summed E-state index contributed by atoms with van der Waals surface area (Å²) in [5, 5.41) is 0. The summed E-state index contributed by atoms with van der Waals surface area (Å²) in [7, 11) is 1.36. The van der Waals surface area contributed by atoms with Crippen molar-refractivity contribution in [3.05, 3.63) is 55.1 Å². The number of benzene rings is 1. The molecule has 0 radical (unpaired) electrons. The van der Waals surface area contributed by atoms with E-state index in [0.29, 0.717) is 5.56 Å². The first-order chi connectivity index (χ1) is 7.79. The molecule has 0 heterocycles. The van der Waals surface area contributed by atoms with E-state index < -0.39 is 0 Å². The minimum absolute atomic E-state index is 0.328. The van der Waals surface area contributed by atoms with Crippen molar-refractivity contribution in [2.75, 3.05) is 7.11 Å². The average molecular weight is 220 g/mol. The molecule has 88 valence electrons. The Kier molecular flexibility index (Phi) is 11.7. The van der Waals surface area contributed by atoms with E-state index in [4.69, 9.17) is 0 Å². The van der Waals surface area contributed by atoms with Crippen molar-refractivity contribution in [2.24, 2.45) is 0 Å². The number of ether oxygens (including phenoxy) is 1. The van der Waals surface area contributed by atoms with E-state index in [1.165, 1.54) is 7.11 Å². The van der Waals surface area contributed by atoms with Crippen LogP contribution in [0.2, 0.25) is 0 Å². The van der Waals surface area contributed by atoms with E-state index in [1.807, 2.05) is 26.0 Å². The lowest BCUT2D eigenvalue weighted by atomic mass is 10.1. The number of rotatable bonds is 2. The van der Waals surface area contributed by atoms with Crippen LogP contribution in [0.1, 0.15) is 29.8 Å². The molecular formula is C14H20O2. The topological polar surface area (TPSA) is 26.3 Å². The highest BCUT2D eigenvalue weighted by Gasteiger charge is 2.07. The molecule has 0 unspecified atom stereocenters. The molecule has 1 rings (SSSR count). The average Bonchev–Trinajstić information content (AvgIpc) is 2.42. The zero-order valence-electron chi connectivity index (χ0n) is 10.3. The van der Waals surface area contributed by atoms with Crippen LogP contribution in [-0.2, 0) is 4.74 Å². The molecule has 0 fully saturated rings. The van der Waals surface area contributed by atoms with Gasteiger partial charge in [-0.15, -0.1) is 13.2 Å². The lowest BCUT2D eigenvalue weighted by molar-refractivity contribution is 0.0600.